The number of amides is 1. The molecule has 4 nitrogen and oxygen atoms in total. The van der Waals surface area contributed by atoms with Crippen molar-refractivity contribution in [3.63, 3.8) is 0 Å². The van der Waals surface area contributed by atoms with Gasteiger partial charge in [0.2, 0.25) is 6.41 Å². The lowest BCUT2D eigenvalue weighted by Gasteiger charge is -2.29. The van der Waals surface area contributed by atoms with Crippen LogP contribution in [0.25, 0.3) is 0 Å². The average Bonchev–Trinajstić information content (AvgIpc) is 2.33. The van der Waals surface area contributed by atoms with Crippen LogP contribution in [-0.4, -0.2) is 35.4 Å². The van der Waals surface area contributed by atoms with E-state index in [1.807, 2.05) is 0 Å². The topological polar surface area (TPSA) is 45.2 Å². The van der Waals surface area contributed by atoms with E-state index in [-0.39, 0.29) is 11.9 Å². The van der Waals surface area contributed by atoms with Crippen molar-refractivity contribution in [3.8, 4) is 0 Å². The lowest BCUT2D eigenvalue weighted by molar-refractivity contribution is -0.118. The van der Waals surface area contributed by atoms with Crippen molar-refractivity contribution in [2.24, 2.45) is 0 Å². The Kier molecular flexibility index (Phi) is 3.34. The van der Waals surface area contributed by atoms with Crippen molar-refractivity contribution >= 4 is 12.2 Å². The normalized spacial score (nSPS) is 17.2. The number of carbonyl (C=O) groups excluding carboxylic acids is 1. The third kappa shape index (κ3) is 2.48. The molecule has 1 aliphatic rings. The van der Waals surface area contributed by atoms with E-state index in [2.05, 4.69) is 10.3 Å². The molecule has 1 amide bonds. The molecule has 0 aliphatic carbocycles. The number of nitrogens with one attached hydrogen (secondary N) is 1. The molecule has 2 rings (SSSR count). The van der Waals surface area contributed by atoms with Gasteiger partial charge in [0.25, 0.3) is 0 Å². The van der Waals surface area contributed by atoms with E-state index in [0.717, 1.165) is 32.3 Å². The largest absolute Gasteiger partial charge is 0.365 e. The number of nitrogens with zero attached hydrogens (tertiary/aromatic N) is 2. The maximum Gasteiger partial charge on any atom is 0.209 e. The molecule has 16 heavy (non-hydrogen) atoms. The zero-order chi connectivity index (χ0) is 11.4. The summed E-state index contributed by atoms with van der Waals surface area (Å²) in [6.07, 6.45) is 4.08. The molecule has 1 aromatic rings. The zero-order valence-corrected chi connectivity index (χ0v) is 8.90. The number of anilines is 1. The third-order valence-electron chi connectivity index (χ3n) is 2.78. The lowest BCUT2D eigenvalue weighted by Crippen LogP contribution is -2.38. The van der Waals surface area contributed by atoms with Crippen LogP contribution in [0.15, 0.2) is 18.3 Å². The van der Waals surface area contributed by atoms with E-state index in [1.165, 1.54) is 6.07 Å². The van der Waals surface area contributed by atoms with Crippen LogP contribution in [0.1, 0.15) is 12.8 Å². The first-order chi connectivity index (χ1) is 7.79. The predicted molar refractivity (Wildman–Crippen MR) is 58.5 cm³/mol. The van der Waals surface area contributed by atoms with Crippen molar-refractivity contribution in [1.29, 1.82) is 0 Å². The highest BCUT2D eigenvalue weighted by molar-refractivity contribution is 5.47. The van der Waals surface area contributed by atoms with Gasteiger partial charge in [0.15, 0.2) is 11.6 Å². The maximum atomic E-state index is 13.3. The van der Waals surface area contributed by atoms with Gasteiger partial charge in [-0.2, -0.15) is 0 Å². The average molecular weight is 223 g/mol. The minimum Gasteiger partial charge on any atom is -0.365 e. The van der Waals surface area contributed by atoms with E-state index in [0.29, 0.717) is 5.82 Å². The summed E-state index contributed by atoms with van der Waals surface area (Å²) in [6.45, 7) is 1.44. The number of piperidine rings is 1. The number of likely N-dealkylation sites (tertiary alicyclic amines) is 1. The van der Waals surface area contributed by atoms with Crippen LogP contribution in [0, 0.1) is 5.82 Å². The molecule has 0 radical (unpaired) electrons. The van der Waals surface area contributed by atoms with Gasteiger partial charge in [-0.25, -0.2) is 9.37 Å². The van der Waals surface area contributed by atoms with Crippen LogP contribution in [-0.2, 0) is 4.79 Å². The number of carbonyl (C=O) groups is 1. The second-order valence-electron chi connectivity index (χ2n) is 3.89. The summed E-state index contributed by atoms with van der Waals surface area (Å²) >= 11 is 0. The predicted octanol–water partition coefficient (Wildman–Crippen LogP) is 1.25. The Labute approximate surface area is 93.5 Å². The molecule has 5 heteroatoms. The van der Waals surface area contributed by atoms with Crippen LogP contribution in [0.5, 0.6) is 0 Å². The number of halogens is 1. The molecule has 1 fully saturated rings. The SMILES string of the molecule is O=CN1CCC(Nc2ncccc2F)CC1. The van der Waals surface area contributed by atoms with Gasteiger partial charge in [0.1, 0.15) is 0 Å². The fourth-order valence-electron chi connectivity index (χ4n) is 1.83. The summed E-state index contributed by atoms with van der Waals surface area (Å²) in [5, 5.41) is 3.07. The molecule has 2 heterocycles. The Balaban J connectivity index is 1.92. The quantitative estimate of drug-likeness (QED) is 0.784. The highest BCUT2D eigenvalue weighted by Gasteiger charge is 2.18. The van der Waals surface area contributed by atoms with Gasteiger partial charge in [-0.3, -0.25) is 4.79 Å². The van der Waals surface area contributed by atoms with E-state index < -0.39 is 0 Å². The van der Waals surface area contributed by atoms with Gasteiger partial charge in [0, 0.05) is 25.3 Å². The maximum absolute atomic E-state index is 13.3. The first kappa shape index (κ1) is 10.9. The molecular weight excluding hydrogens is 209 g/mol. The molecule has 0 aromatic carbocycles. The summed E-state index contributed by atoms with van der Waals surface area (Å²) in [4.78, 5) is 16.2. The number of pyridine rings is 1. The van der Waals surface area contributed by atoms with Crippen LogP contribution in [0.2, 0.25) is 0 Å². The van der Waals surface area contributed by atoms with Crippen molar-refractivity contribution in [1.82, 2.24) is 9.88 Å². The summed E-state index contributed by atoms with van der Waals surface area (Å²) < 4.78 is 13.3. The summed E-state index contributed by atoms with van der Waals surface area (Å²) in [5.41, 5.74) is 0. The third-order valence-corrected chi connectivity index (χ3v) is 2.78. The molecule has 0 unspecified atom stereocenters. The summed E-state index contributed by atoms with van der Waals surface area (Å²) in [7, 11) is 0. The molecule has 1 saturated heterocycles. The highest BCUT2D eigenvalue weighted by atomic mass is 19.1. The van der Waals surface area contributed by atoms with E-state index in [9.17, 15) is 9.18 Å². The minimum absolute atomic E-state index is 0.195. The van der Waals surface area contributed by atoms with Gasteiger partial charge in [-0.05, 0) is 25.0 Å². The van der Waals surface area contributed by atoms with Crippen LogP contribution in [0.4, 0.5) is 10.2 Å². The molecule has 0 bridgehead atoms. The Bertz CT molecular complexity index is 364. The fraction of sp³-hybridized carbons (Fsp3) is 0.455. The second-order valence-corrected chi connectivity index (χ2v) is 3.89. The summed E-state index contributed by atoms with van der Waals surface area (Å²) in [5.74, 6) is -0.0348. The lowest BCUT2D eigenvalue weighted by atomic mass is 10.1. The fourth-order valence-corrected chi connectivity index (χ4v) is 1.83. The highest BCUT2D eigenvalue weighted by Crippen LogP contribution is 2.16. The number of rotatable bonds is 3. The van der Waals surface area contributed by atoms with E-state index in [1.54, 1.807) is 17.2 Å². The second kappa shape index (κ2) is 4.92. The zero-order valence-electron chi connectivity index (χ0n) is 8.90. The first-order valence-electron chi connectivity index (χ1n) is 5.36. The van der Waals surface area contributed by atoms with Gasteiger partial charge in [-0.15, -0.1) is 0 Å². The van der Waals surface area contributed by atoms with Gasteiger partial charge >= 0.3 is 0 Å². The minimum atomic E-state index is -0.333. The van der Waals surface area contributed by atoms with Gasteiger partial charge < -0.3 is 10.2 Å². The number of aromatic nitrogens is 1. The van der Waals surface area contributed by atoms with Crippen LogP contribution < -0.4 is 5.32 Å². The molecule has 86 valence electrons. The first-order valence-corrected chi connectivity index (χ1v) is 5.36. The van der Waals surface area contributed by atoms with Crippen molar-refractivity contribution in [2.75, 3.05) is 18.4 Å². The molecule has 1 aromatic heterocycles. The molecule has 1 N–H and O–H groups in total. The van der Waals surface area contributed by atoms with E-state index in [4.69, 9.17) is 0 Å². The number of hydrogen-bond donors (Lipinski definition) is 1. The molecule has 0 atom stereocenters. The van der Waals surface area contributed by atoms with Crippen molar-refractivity contribution in [2.45, 2.75) is 18.9 Å². The Morgan fingerprint density at radius 3 is 2.88 bits per heavy atom. The molecular formula is C11H14FN3O. The molecule has 0 saturated carbocycles. The Morgan fingerprint density at radius 1 is 1.50 bits per heavy atom. The smallest absolute Gasteiger partial charge is 0.209 e. The van der Waals surface area contributed by atoms with Crippen molar-refractivity contribution < 1.29 is 9.18 Å². The standard InChI is InChI=1S/C11H14FN3O/c12-10-2-1-5-13-11(10)14-9-3-6-15(8-16)7-4-9/h1-2,5,8-9H,3-4,6-7H2,(H,13,14). The Hall–Kier alpha value is -1.65. The van der Waals surface area contributed by atoms with E-state index >= 15 is 0 Å². The molecule has 1 aliphatic heterocycles. The number of hydrogen-bond acceptors (Lipinski definition) is 3. The van der Waals surface area contributed by atoms with Crippen LogP contribution >= 0.6 is 0 Å². The van der Waals surface area contributed by atoms with Gasteiger partial charge in [-0.1, -0.05) is 0 Å². The monoisotopic (exact) mass is 223 g/mol. The van der Waals surface area contributed by atoms with Crippen molar-refractivity contribution in [3.05, 3.63) is 24.1 Å². The van der Waals surface area contributed by atoms with Gasteiger partial charge in [0.05, 0.1) is 0 Å². The summed E-state index contributed by atoms with van der Waals surface area (Å²) in [6, 6.07) is 3.14. The van der Waals surface area contributed by atoms with Crippen LogP contribution in [0.3, 0.4) is 0 Å². The molecule has 0 spiro atoms. The Morgan fingerprint density at radius 2 is 2.25 bits per heavy atom.